The van der Waals surface area contributed by atoms with Crippen LogP contribution in [0.15, 0.2) is 24.7 Å². The van der Waals surface area contributed by atoms with Gasteiger partial charge >= 0.3 is 0 Å². The van der Waals surface area contributed by atoms with Crippen LogP contribution in [0, 0.1) is 18.8 Å². The third-order valence-corrected chi connectivity index (χ3v) is 5.30. The summed E-state index contributed by atoms with van der Waals surface area (Å²) in [5, 5.41) is 0. The number of hydrogen-bond donors (Lipinski definition) is 0. The van der Waals surface area contributed by atoms with Gasteiger partial charge in [-0.25, -0.2) is 19.9 Å². The molecule has 0 saturated carbocycles. The minimum Gasteiger partial charge on any atom is -0.356 e. The fourth-order valence-electron chi connectivity index (χ4n) is 3.86. The van der Waals surface area contributed by atoms with Crippen molar-refractivity contribution in [3.05, 3.63) is 36.0 Å². The van der Waals surface area contributed by atoms with Crippen molar-refractivity contribution in [1.29, 1.82) is 0 Å². The van der Waals surface area contributed by atoms with Crippen LogP contribution in [0.4, 0.5) is 11.8 Å². The van der Waals surface area contributed by atoms with E-state index in [1.54, 1.807) is 6.33 Å². The fraction of sp³-hybridized carbons (Fsp3) is 0.579. The molecule has 132 valence electrons. The van der Waals surface area contributed by atoms with Gasteiger partial charge in [-0.3, -0.25) is 0 Å². The van der Waals surface area contributed by atoms with E-state index in [0.29, 0.717) is 11.8 Å². The van der Waals surface area contributed by atoms with E-state index in [0.717, 1.165) is 49.3 Å². The molecule has 0 radical (unpaired) electrons. The van der Waals surface area contributed by atoms with Gasteiger partial charge in [0.05, 0.1) is 5.69 Å². The Hall–Kier alpha value is -2.24. The largest absolute Gasteiger partial charge is 0.356 e. The second-order valence-corrected chi connectivity index (χ2v) is 8.34. The Morgan fingerprint density at radius 2 is 1.64 bits per heavy atom. The normalized spacial score (nSPS) is 23.2. The molecule has 2 atom stereocenters. The van der Waals surface area contributed by atoms with Crippen LogP contribution in [0.1, 0.15) is 32.2 Å². The van der Waals surface area contributed by atoms with Gasteiger partial charge in [-0.2, -0.15) is 0 Å². The Kier molecular flexibility index (Phi) is 3.85. The van der Waals surface area contributed by atoms with E-state index in [4.69, 9.17) is 0 Å². The molecule has 0 spiro atoms. The highest BCUT2D eigenvalue weighted by atomic mass is 15.3. The molecule has 2 unspecified atom stereocenters. The van der Waals surface area contributed by atoms with Crippen LogP contribution in [-0.2, 0) is 5.41 Å². The van der Waals surface area contributed by atoms with Crippen molar-refractivity contribution in [2.45, 2.75) is 33.1 Å². The molecule has 6 heteroatoms. The number of rotatable bonds is 2. The lowest BCUT2D eigenvalue weighted by Gasteiger charge is -2.24. The maximum Gasteiger partial charge on any atom is 0.225 e. The Balaban J connectivity index is 1.46. The number of nitrogens with zero attached hydrogens (tertiary/aromatic N) is 6. The van der Waals surface area contributed by atoms with Crippen molar-refractivity contribution in [3.8, 4) is 0 Å². The summed E-state index contributed by atoms with van der Waals surface area (Å²) in [6.45, 7) is 12.8. The summed E-state index contributed by atoms with van der Waals surface area (Å²) >= 11 is 0. The van der Waals surface area contributed by atoms with Gasteiger partial charge in [0.25, 0.3) is 0 Å². The summed E-state index contributed by atoms with van der Waals surface area (Å²) in [6, 6.07) is 4.10. The Labute approximate surface area is 149 Å². The quantitative estimate of drug-likeness (QED) is 0.838. The molecule has 0 aromatic carbocycles. The van der Waals surface area contributed by atoms with Crippen molar-refractivity contribution >= 4 is 11.8 Å². The molecule has 2 aliphatic rings. The van der Waals surface area contributed by atoms with Gasteiger partial charge in [0.2, 0.25) is 5.95 Å². The van der Waals surface area contributed by atoms with Crippen LogP contribution in [0.2, 0.25) is 0 Å². The molecule has 0 amide bonds. The lowest BCUT2D eigenvalue weighted by Crippen LogP contribution is -2.30. The zero-order valence-electron chi connectivity index (χ0n) is 15.5. The molecule has 2 fully saturated rings. The number of hydrogen-bond acceptors (Lipinski definition) is 6. The standard InChI is InChI=1S/C19H26N6/c1-13-5-6-20-18(23-13)25-10-14-8-24(9-15(14)11-25)17-7-16(19(2,3)4)21-12-22-17/h5-7,12,14-15H,8-11H2,1-4H3. The molecular weight excluding hydrogens is 312 g/mol. The van der Waals surface area contributed by atoms with E-state index >= 15 is 0 Å². The predicted octanol–water partition coefficient (Wildman–Crippen LogP) is 2.45. The SMILES string of the molecule is Cc1ccnc(N2CC3CN(c4cc(C(C)(C)C)ncn4)CC3C2)n1. The smallest absolute Gasteiger partial charge is 0.225 e. The van der Waals surface area contributed by atoms with E-state index in [2.05, 4.69) is 56.6 Å². The Bertz CT molecular complexity index is 755. The summed E-state index contributed by atoms with van der Waals surface area (Å²) in [7, 11) is 0. The molecule has 0 bridgehead atoms. The van der Waals surface area contributed by atoms with Gasteiger partial charge in [-0.15, -0.1) is 0 Å². The van der Waals surface area contributed by atoms with Crippen LogP contribution in [-0.4, -0.2) is 46.1 Å². The monoisotopic (exact) mass is 338 g/mol. The van der Waals surface area contributed by atoms with Crippen molar-refractivity contribution in [1.82, 2.24) is 19.9 Å². The molecule has 2 aromatic rings. The zero-order valence-corrected chi connectivity index (χ0v) is 15.5. The summed E-state index contributed by atoms with van der Waals surface area (Å²) in [4.78, 5) is 22.8. The fourth-order valence-corrected chi connectivity index (χ4v) is 3.86. The second-order valence-electron chi connectivity index (χ2n) is 8.34. The van der Waals surface area contributed by atoms with Crippen LogP contribution in [0.3, 0.4) is 0 Å². The highest BCUT2D eigenvalue weighted by Gasteiger charge is 2.41. The number of aryl methyl sites for hydroxylation is 1. The van der Waals surface area contributed by atoms with Crippen LogP contribution in [0.5, 0.6) is 0 Å². The van der Waals surface area contributed by atoms with E-state index in [1.165, 1.54) is 0 Å². The lowest BCUT2D eigenvalue weighted by atomic mass is 9.92. The highest BCUT2D eigenvalue weighted by molar-refractivity contribution is 5.44. The number of fused-ring (bicyclic) bond motifs is 1. The zero-order chi connectivity index (χ0) is 17.6. The number of anilines is 2. The van der Waals surface area contributed by atoms with E-state index < -0.39 is 0 Å². The van der Waals surface area contributed by atoms with Crippen molar-refractivity contribution in [3.63, 3.8) is 0 Å². The second kappa shape index (κ2) is 5.93. The van der Waals surface area contributed by atoms with Gasteiger partial charge < -0.3 is 9.80 Å². The summed E-state index contributed by atoms with van der Waals surface area (Å²) < 4.78 is 0. The molecule has 2 aromatic heterocycles. The first kappa shape index (κ1) is 16.2. The van der Waals surface area contributed by atoms with Crippen molar-refractivity contribution < 1.29 is 0 Å². The highest BCUT2D eigenvalue weighted by Crippen LogP contribution is 2.35. The third kappa shape index (κ3) is 3.17. The average Bonchev–Trinajstić information content (AvgIpc) is 3.13. The topological polar surface area (TPSA) is 58.0 Å². The Morgan fingerprint density at radius 3 is 2.28 bits per heavy atom. The molecule has 4 rings (SSSR count). The third-order valence-electron chi connectivity index (χ3n) is 5.30. The summed E-state index contributed by atoms with van der Waals surface area (Å²) in [5.41, 5.74) is 2.18. The minimum atomic E-state index is 0.0482. The van der Waals surface area contributed by atoms with E-state index in [1.807, 2.05) is 19.2 Å². The maximum absolute atomic E-state index is 4.58. The van der Waals surface area contributed by atoms with Crippen LogP contribution >= 0.6 is 0 Å². The first-order valence-electron chi connectivity index (χ1n) is 9.02. The predicted molar refractivity (Wildman–Crippen MR) is 98.9 cm³/mol. The Morgan fingerprint density at radius 1 is 0.960 bits per heavy atom. The molecule has 0 aliphatic carbocycles. The van der Waals surface area contributed by atoms with E-state index in [9.17, 15) is 0 Å². The summed E-state index contributed by atoms with van der Waals surface area (Å²) in [5.74, 6) is 3.24. The van der Waals surface area contributed by atoms with Crippen LogP contribution in [0.25, 0.3) is 0 Å². The molecule has 4 heterocycles. The minimum absolute atomic E-state index is 0.0482. The molecule has 2 saturated heterocycles. The number of aromatic nitrogens is 4. The molecular formula is C19H26N6. The first-order chi connectivity index (χ1) is 11.9. The van der Waals surface area contributed by atoms with Gasteiger partial charge in [0.1, 0.15) is 12.1 Å². The lowest BCUT2D eigenvalue weighted by molar-refractivity contribution is 0.533. The maximum atomic E-state index is 4.58. The average molecular weight is 338 g/mol. The van der Waals surface area contributed by atoms with Crippen molar-refractivity contribution in [2.75, 3.05) is 36.0 Å². The molecule has 25 heavy (non-hydrogen) atoms. The molecule has 6 nitrogen and oxygen atoms in total. The van der Waals surface area contributed by atoms with Gasteiger partial charge in [0.15, 0.2) is 0 Å². The molecule has 2 aliphatic heterocycles. The molecule has 0 N–H and O–H groups in total. The van der Waals surface area contributed by atoms with Crippen LogP contribution < -0.4 is 9.80 Å². The van der Waals surface area contributed by atoms with E-state index in [-0.39, 0.29) is 5.41 Å². The first-order valence-corrected chi connectivity index (χ1v) is 9.02. The van der Waals surface area contributed by atoms with Gasteiger partial charge in [-0.1, -0.05) is 20.8 Å². The van der Waals surface area contributed by atoms with Crippen molar-refractivity contribution in [2.24, 2.45) is 11.8 Å². The van der Waals surface area contributed by atoms with Gasteiger partial charge in [0, 0.05) is 61.4 Å². The summed E-state index contributed by atoms with van der Waals surface area (Å²) in [6.07, 6.45) is 3.56. The van der Waals surface area contributed by atoms with Gasteiger partial charge in [-0.05, 0) is 13.0 Å².